The van der Waals surface area contributed by atoms with Crippen molar-refractivity contribution < 1.29 is 32.4 Å². The first-order valence-electron chi connectivity index (χ1n) is 9.96. The number of guanidine groups is 1. The predicted molar refractivity (Wildman–Crippen MR) is 115 cm³/mol. The van der Waals surface area contributed by atoms with Gasteiger partial charge < -0.3 is 30.3 Å². The summed E-state index contributed by atoms with van der Waals surface area (Å²) in [5, 5.41) is 21.4. The number of sulfonamides is 1. The van der Waals surface area contributed by atoms with E-state index >= 15 is 0 Å². The van der Waals surface area contributed by atoms with Crippen LogP contribution in [0.5, 0.6) is 5.88 Å². The van der Waals surface area contributed by atoms with Gasteiger partial charge in [0.1, 0.15) is 0 Å². The van der Waals surface area contributed by atoms with Crippen molar-refractivity contribution in [2.45, 2.75) is 23.9 Å². The molecule has 2 aromatic rings. The van der Waals surface area contributed by atoms with Gasteiger partial charge in [-0.2, -0.15) is 4.72 Å². The number of aliphatic imine (C=N–C) groups is 1. The molecule has 0 saturated heterocycles. The predicted octanol–water partition coefficient (Wildman–Crippen LogP) is -0.499. The fraction of sp³-hybridized carbons (Fsp3) is 0.368. The number of carboxylic acids is 1. The van der Waals surface area contributed by atoms with Gasteiger partial charge >= 0.3 is 5.97 Å². The number of carbonyl (C=O) groups excluding carboxylic acids is 1. The first-order chi connectivity index (χ1) is 15.7. The maximum Gasteiger partial charge on any atom is 0.345 e. The molecule has 2 heterocycles. The monoisotopic (exact) mass is 480 g/mol. The maximum absolute atomic E-state index is 12.5. The first kappa shape index (κ1) is 24.0. The van der Waals surface area contributed by atoms with Crippen molar-refractivity contribution in [1.82, 2.24) is 25.8 Å². The summed E-state index contributed by atoms with van der Waals surface area (Å²) in [6.07, 6.45) is 0.618. The maximum atomic E-state index is 12.5. The van der Waals surface area contributed by atoms with Crippen molar-refractivity contribution in [3.05, 3.63) is 42.2 Å². The topological polar surface area (TPSA) is 184 Å². The van der Waals surface area contributed by atoms with E-state index < -0.39 is 27.6 Å². The van der Waals surface area contributed by atoms with Crippen molar-refractivity contribution in [2.75, 3.05) is 26.2 Å². The summed E-state index contributed by atoms with van der Waals surface area (Å²) in [6, 6.07) is 8.34. The van der Waals surface area contributed by atoms with E-state index in [4.69, 9.17) is 9.26 Å². The molecule has 33 heavy (non-hydrogen) atoms. The minimum Gasteiger partial charge on any atom is -0.478 e. The summed E-state index contributed by atoms with van der Waals surface area (Å²) < 4.78 is 37.4. The third-order valence-electron chi connectivity index (χ3n) is 4.43. The largest absolute Gasteiger partial charge is 0.478 e. The van der Waals surface area contributed by atoms with E-state index in [-0.39, 0.29) is 23.1 Å². The third kappa shape index (κ3) is 6.43. The fourth-order valence-electron chi connectivity index (χ4n) is 2.74. The van der Waals surface area contributed by atoms with Crippen LogP contribution in [0.25, 0.3) is 0 Å². The van der Waals surface area contributed by atoms with Gasteiger partial charge in [0.2, 0.25) is 21.4 Å². The Kier molecular flexibility index (Phi) is 7.50. The highest BCUT2D eigenvalue weighted by Crippen LogP contribution is 2.15. The number of aliphatic carboxylic acids is 1. The number of aromatic nitrogens is 1. The molecule has 5 N–H and O–H groups in total. The Morgan fingerprint density at radius 3 is 2.73 bits per heavy atom. The SMILES string of the molecule is CC(NC(=O)c1cc(OCCCNC2=NCCN2)no1)(NS(=O)(=O)c1ccccc1)C(=O)O. The van der Waals surface area contributed by atoms with Crippen LogP contribution in [-0.4, -0.2) is 68.4 Å². The van der Waals surface area contributed by atoms with E-state index in [0.717, 1.165) is 26.0 Å². The molecule has 14 heteroatoms. The molecule has 1 unspecified atom stereocenters. The van der Waals surface area contributed by atoms with Crippen LogP contribution < -0.4 is 25.4 Å². The van der Waals surface area contributed by atoms with Crippen molar-refractivity contribution in [3.8, 4) is 5.88 Å². The summed E-state index contributed by atoms with van der Waals surface area (Å²) in [5.74, 6) is -2.21. The number of hydrogen-bond donors (Lipinski definition) is 5. The smallest absolute Gasteiger partial charge is 0.345 e. The second kappa shape index (κ2) is 10.3. The van der Waals surface area contributed by atoms with Crippen LogP contribution in [0.4, 0.5) is 0 Å². The molecule has 1 aromatic heterocycles. The minimum atomic E-state index is -4.24. The van der Waals surface area contributed by atoms with E-state index in [2.05, 4.69) is 26.1 Å². The Bertz CT molecular complexity index is 1120. The summed E-state index contributed by atoms with van der Waals surface area (Å²) in [5.41, 5.74) is -2.36. The lowest BCUT2D eigenvalue weighted by Gasteiger charge is -2.26. The Hall–Kier alpha value is -3.65. The second-order valence-electron chi connectivity index (χ2n) is 7.12. The standard InChI is InChI=1S/C19H24N6O7S/c1-19(17(27)28,25-33(29,30)13-6-3-2-4-7-13)23-16(26)14-12-15(24-32-14)31-11-5-8-20-18-21-9-10-22-18/h2-4,6-7,12,25H,5,8-11H2,1H3,(H,23,26)(H,27,28)(H2,20,21,22). The molecule has 0 fully saturated rings. The molecular weight excluding hydrogens is 456 g/mol. The van der Waals surface area contributed by atoms with Gasteiger partial charge in [-0.05, 0) is 30.6 Å². The highest BCUT2D eigenvalue weighted by Gasteiger charge is 2.40. The van der Waals surface area contributed by atoms with Crippen LogP contribution in [0.1, 0.15) is 23.9 Å². The average Bonchev–Trinajstić information content (AvgIpc) is 3.46. The summed E-state index contributed by atoms with van der Waals surface area (Å²) in [4.78, 5) is 28.3. The lowest BCUT2D eigenvalue weighted by Crippen LogP contribution is -2.63. The number of nitrogens with one attached hydrogen (secondary N) is 4. The van der Waals surface area contributed by atoms with Crippen molar-refractivity contribution in [3.63, 3.8) is 0 Å². The third-order valence-corrected chi connectivity index (χ3v) is 6.00. The van der Waals surface area contributed by atoms with Crippen LogP contribution in [0.3, 0.4) is 0 Å². The fourth-order valence-corrected chi connectivity index (χ4v) is 4.05. The van der Waals surface area contributed by atoms with Crippen LogP contribution in [0, 0.1) is 0 Å². The zero-order valence-electron chi connectivity index (χ0n) is 17.7. The lowest BCUT2D eigenvalue weighted by molar-refractivity contribution is -0.144. The van der Waals surface area contributed by atoms with Crippen molar-refractivity contribution in [2.24, 2.45) is 4.99 Å². The first-order valence-corrected chi connectivity index (χ1v) is 11.4. The van der Waals surface area contributed by atoms with E-state index in [1.165, 1.54) is 30.3 Å². The number of benzene rings is 1. The van der Waals surface area contributed by atoms with Gasteiger partial charge in [0, 0.05) is 13.1 Å². The van der Waals surface area contributed by atoms with Crippen molar-refractivity contribution >= 4 is 27.9 Å². The van der Waals surface area contributed by atoms with Gasteiger partial charge in [-0.3, -0.25) is 9.79 Å². The van der Waals surface area contributed by atoms with Gasteiger partial charge in [0.15, 0.2) is 5.96 Å². The Balaban J connectivity index is 1.55. The summed E-state index contributed by atoms with van der Waals surface area (Å²) >= 11 is 0. The van der Waals surface area contributed by atoms with Gasteiger partial charge in [0.05, 0.1) is 24.1 Å². The molecule has 3 rings (SSSR count). The van der Waals surface area contributed by atoms with E-state index in [0.29, 0.717) is 13.0 Å². The number of amides is 1. The molecule has 1 amide bonds. The molecule has 0 aliphatic carbocycles. The van der Waals surface area contributed by atoms with Crippen LogP contribution in [0.2, 0.25) is 0 Å². The number of hydrogen-bond acceptors (Lipinski definition) is 10. The Morgan fingerprint density at radius 2 is 2.06 bits per heavy atom. The molecule has 1 aliphatic rings. The van der Waals surface area contributed by atoms with E-state index in [1.807, 2.05) is 4.72 Å². The summed E-state index contributed by atoms with van der Waals surface area (Å²) in [7, 11) is -4.24. The van der Waals surface area contributed by atoms with Crippen LogP contribution in [-0.2, 0) is 14.8 Å². The number of carboxylic acid groups (broad SMARTS) is 1. The molecule has 13 nitrogen and oxygen atoms in total. The molecule has 1 atom stereocenters. The van der Waals surface area contributed by atoms with Gasteiger partial charge in [-0.15, -0.1) is 0 Å². The number of carbonyl (C=O) groups is 2. The van der Waals surface area contributed by atoms with Crippen molar-refractivity contribution in [1.29, 1.82) is 0 Å². The molecule has 1 aromatic carbocycles. The number of ether oxygens (including phenoxy) is 1. The number of rotatable bonds is 11. The van der Waals surface area contributed by atoms with Gasteiger partial charge in [-0.1, -0.05) is 18.2 Å². The average molecular weight is 481 g/mol. The Morgan fingerprint density at radius 1 is 1.30 bits per heavy atom. The highest BCUT2D eigenvalue weighted by atomic mass is 32.2. The van der Waals surface area contributed by atoms with Crippen LogP contribution >= 0.6 is 0 Å². The molecule has 1 aliphatic heterocycles. The van der Waals surface area contributed by atoms with Crippen LogP contribution in [0.15, 0.2) is 50.8 Å². The Labute approximate surface area is 189 Å². The minimum absolute atomic E-state index is 0.0263. The lowest BCUT2D eigenvalue weighted by atomic mass is 10.2. The molecule has 0 spiro atoms. The van der Waals surface area contributed by atoms with Gasteiger partial charge in [0.25, 0.3) is 11.8 Å². The molecular formula is C19H24N6O7S. The van der Waals surface area contributed by atoms with E-state index in [1.54, 1.807) is 6.07 Å². The normalized spacial score (nSPS) is 15.1. The zero-order valence-corrected chi connectivity index (χ0v) is 18.5. The van der Waals surface area contributed by atoms with Gasteiger partial charge in [-0.25, -0.2) is 13.2 Å². The second-order valence-corrected chi connectivity index (χ2v) is 8.80. The quantitative estimate of drug-likeness (QED) is 0.207. The molecule has 0 saturated carbocycles. The molecule has 0 bridgehead atoms. The molecule has 0 radical (unpaired) electrons. The summed E-state index contributed by atoms with van der Waals surface area (Å²) in [6.45, 7) is 3.42. The number of nitrogens with zero attached hydrogens (tertiary/aromatic N) is 2. The zero-order chi connectivity index (χ0) is 23.9. The van der Waals surface area contributed by atoms with E-state index in [9.17, 15) is 23.1 Å². The highest BCUT2D eigenvalue weighted by molar-refractivity contribution is 7.89. The molecule has 178 valence electrons.